The average molecular weight is 519 g/mol. The van der Waals surface area contributed by atoms with Crippen molar-refractivity contribution >= 4 is 18.1 Å². The molecule has 2 aliphatic heterocycles. The molecule has 0 radical (unpaired) electrons. The zero-order chi connectivity index (χ0) is 26.2. The molecular weight excluding hydrogens is 482 g/mol. The lowest BCUT2D eigenvalue weighted by Gasteiger charge is -2.35. The Hall–Kier alpha value is -2.69. The van der Waals surface area contributed by atoms with Crippen LogP contribution in [0.15, 0.2) is 6.20 Å². The highest BCUT2D eigenvalue weighted by Gasteiger charge is 2.39. The van der Waals surface area contributed by atoms with Crippen molar-refractivity contribution in [1.29, 1.82) is 0 Å². The van der Waals surface area contributed by atoms with E-state index in [9.17, 15) is 18.4 Å². The maximum absolute atomic E-state index is 13.8. The molecule has 1 aliphatic carbocycles. The topological polar surface area (TPSA) is 111 Å². The van der Waals surface area contributed by atoms with Crippen LogP contribution in [0.25, 0.3) is 5.78 Å². The van der Waals surface area contributed by atoms with Crippen molar-refractivity contribution in [2.75, 3.05) is 13.2 Å². The van der Waals surface area contributed by atoms with E-state index in [1.807, 2.05) is 0 Å². The molecular formula is C26H36F2N6O3. The van der Waals surface area contributed by atoms with E-state index in [1.54, 1.807) is 10.7 Å². The van der Waals surface area contributed by atoms with Crippen LogP contribution < -0.4 is 10.6 Å². The second-order valence-electron chi connectivity index (χ2n) is 11.4. The molecule has 2 aromatic heterocycles. The molecule has 3 aliphatic rings. The molecule has 0 aromatic carbocycles. The van der Waals surface area contributed by atoms with E-state index < -0.39 is 12.0 Å². The number of aromatic nitrogens is 4. The van der Waals surface area contributed by atoms with E-state index in [4.69, 9.17) is 19.8 Å². The summed E-state index contributed by atoms with van der Waals surface area (Å²) in [4.78, 5) is 33.6. The number of carbonyl (C=O) groups excluding carboxylic acids is 2. The minimum Gasteiger partial charge on any atom is -0.376 e. The van der Waals surface area contributed by atoms with Crippen molar-refractivity contribution in [2.45, 2.75) is 95.1 Å². The van der Waals surface area contributed by atoms with E-state index in [-0.39, 0.29) is 42.1 Å². The number of hydrogen-bond donors (Lipinski definition) is 2. The van der Waals surface area contributed by atoms with Gasteiger partial charge >= 0.3 is 0 Å². The summed E-state index contributed by atoms with van der Waals surface area (Å²) in [7, 11) is 0. The van der Waals surface area contributed by atoms with Gasteiger partial charge < -0.3 is 15.4 Å². The second kappa shape index (κ2) is 10.2. The summed E-state index contributed by atoms with van der Waals surface area (Å²) in [6.45, 7) is 5.45. The van der Waals surface area contributed by atoms with Crippen LogP contribution in [0.5, 0.6) is 0 Å². The molecule has 2 amide bonds. The number of nitrogens with one attached hydrogen (secondary N) is 2. The van der Waals surface area contributed by atoms with Crippen LogP contribution >= 0.6 is 0 Å². The predicted molar refractivity (Wildman–Crippen MR) is 131 cm³/mol. The molecule has 0 bridgehead atoms. The van der Waals surface area contributed by atoms with Crippen LogP contribution in [0.4, 0.5) is 8.78 Å². The Bertz CT molecular complexity index is 1140. The Balaban J connectivity index is 1.50. The summed E-state index contributed by atoms with van der Waals surface area (Å²) >= 11 is 0. The van der Waals surface area contributed by atoms with E-state index in [0.717, 1.165) is 37.1 Å². The first-order chi connectivity index (χ1) is 17.6. The van der Waals surface area contributed by atoms with Crippen LogP contribution in [0.3, 0.4) is 0 Å². The maximum atomic E-state index is 13.8. The minimum atomic E-state index is -2.66. The summed E-state index contributed by atoms with van der Waals surface area (Å²) < 4.78 is 35.1. The molecule has 202 valence electrons. The lowest BCUT2D eigenvalue weighted by Crippen LogP contribution is -2.38. The van der Waals surface area contributed by atoms with Crippen molar-refractivity contribution in [3.63, 3.8) is 0 Å². The average Bonchev–Trinajstić information content (AvgIpc) is 3.26. The molecule has 1 saturated carbocycles. The van der Waals surface area contributed by atoms with Gasteiger partial charge in [-0.3, -0.25) is 9.59 Å². The first-order valence-electron chi connectivity index (χ1n) is 13.4. The fourth-order valence-electron chi connectivity index (χ4n) is 6.17. The fraction of sp³-hybridized carbons (Fsp3) is 0.731. The zero-order valence-corrected chi connectivity index (χ0v) is 21.5. The van der Waals surface area contributed by atoms with E-state index in [0.29, 0.717) is 50.3 Å². The van der Waals surface area contributed by atoms with Crippen LogP contribution in [0.1, 0.15) is 94.3 Å². The Morgan fingerprint density at radius 2 is 2.03 bits per heavy atom. The van der Waals surface area contributed by atoms with E-state index >= 15 is 0 Å². The Morgan fingerprint density at radius 1 is 1.24 bits per heavy atom. The Morgan fingerprint density at radius 3 is 2.73 bits per heavy atom. The molecule has 3 atom stereocenters. The molecule has 0 spiro atoms. The molecule has 3 fully saturated rings. The summed E-state index contributed by atoms with van der Waals surface area (Å²) in [5, 5.41) is 10.7. The van der Waals surface area contributed by atoms with Crippen LogP contribution in [0.2, 0.25) is 0 Å². The van der Waals surface area contributed by atoms with Gasteiger partial charge in [-0.15, -0.1) is 0 Å². The predicted octanol–water partition coefficient (Wildman–Crippen LogP) is 3.48. The number of nitrogens with zero attached hydrogens (tertiary/aromatic N) is 4. The SMILES string of the molecule is CC1(C)CC(c2nc3nc(C(NC=O)C4CCC(F)(F)CC4)cn3nc2C[C@H]2CCCNC2=O)CCO1. The largest absolute Gasteiger partial charge is 0.376 e. The number of carbonyl (C=O) groups is 2. The van der Waals surface area contributed by atoms with Gasteiger partial charge in [-0.2, -0.15) is 5.10 Å². The third kappa shape index (κ3) is 5.76. The number of fused-ring (bicyclic) bond motifs is 1. The van der Waals surface area contributed by atoms with E-state index in [1.165, 1.54) is 0 Å². The van der Waals surface area contributed by atoms with Crippen molar-refractivity contribution in [1.82, 2.24) is 30.2 Å². The highest BCUT2D eigenvalue weighted by atomic mass is 19.3. The standard InChI is InChI=1S/C26H36F2N6O3/c1-25(2)13-18(7-11-37-25)22-19(12-17-4-3-10-29-23(17)36)33-34-14-20(31-24(34)32-22)21(30-15-35)16-5-8-26(27,28)9-6-16/h14-18,21H,3-13H2,1-2H3,(H,29,36)(H,30,35)/t17-,18?,21?/m1/s1. The van der Waals surface area contributed by atoms with Gasteiger partial charge in [-0.25, -0.2) is 23.3 Å². The van der Waals surface area contributed by atoms with Crippen molar-refractivity contribution in [3.8, 4) is 0 Å². The van der Waals surface area contributed by atoms with Crippen LogP contribution in [0, 0.1) is 11.8 Å². The van der Waals surface area contributed by atoms with Gasteiger partial charge in [0.25, 0.3) is 5.78 Å². The molecule has 9 nitrogen and oxygen atoms in total. The maximum Gasteiger partial charge on any atom is 0.251 e. The Kier molecular flexibility index (Phi) is 7.17. The van der Waals surface area contributed by atoms with Crippen LogP contribution in [-0.2, 0) is 20.7 Å². The number of halogens is 2. The van der Waals surface area contributed by atoms with E-state index in [2.05, 4.69) is 24.5 Å². The van der Waals surface area contributed by atoms with Crippen LogP contribution in [-0.4, -0.2) is 56.6 Å². The van der Waals surface area contributed by atoms with Gasteiger partial charge in [0.1, 0.15) is 0 Å². The molecule has 2 N–H and O–H groups in total. The monoisotopic (exact) mass is 518 g/mol. The second-order valence-corrected chi connectivity index (χ2v) is 11.4. The fourth-order valence-corrected chi connectivity index (χ4v) is 6.17. The quantitative estimate of drug-likeness (QED) is 0.543. The minimum absolute atomic E-state index is 0.0436. The third-order valence-corrected chi connectivity index (χ3v) is 8.16. The van der Waals surface area contributed by atoms with Gasteiger partial charge in [0, 0.05) is 44.2 Å². The molecule has 2 saturated heterocycles. The van der Waals surface area contributed by atoms with Crippen molar-refractivity contribution in [2.24, 2.45) is 11.8 Å². The zero-order valence-electron chi connectivity index (χ0n) is 21.5. The van der Waals surface area contributed by atoms with Crippen molar-refractivity contribution < 1.29 is 23.1 Å². The molecule has 5 rings (SSSR count). The van der Waals surface area contributed by atoms with Gasteiger partial charge in [0.15, 0.2) is 0 Å². The lowest BCUT2D eigenvalue weighted by atomic mass is 9.81. The molecule has 4 heterocycles. The van der Waals surface area contributed by atoms with Gasteiger partial charge in [0.2, 0.25) is 18.2 Å². The summed E-state index contributed by atoms with van der Waals surface area (Å²) in [5.74, 6) is -2.39. The number of piperidine rings is 1. The molecule has 11 heteroatoms. The van der Waals surface area contributed by atoms with Gasteiger partial charge in [-0.05, 0) is 58.3 Å². The molecule has 2 unspecified atom stereocenters. The highest BCUT2D eigenvalue weighted by molar-refractivity contribution is 5.79. The summed E-state index contributed by atoms with van der Waals surface area (Å²) in [6, 6.07) is -0.491. The van der Waals surface area contributed by atoms with Gasteiger partial charge in [-0.1, -0.05) is 0 Å². The van der Waals surface area contributed by atoms with Crippen molar-refractivity contribution in [3.05, 3.63) is 23.3 Å². The normalized spacial score (nSPS) is 27.0. The summed E-state index contributed by atoms with van der Waals surface area (Å²) in [6.07, 6.45) is 6.35. The lowest BCUT2D eigenvalue weighted by molar-refractivity contribution is -0.126. The number of alkyl halides is 2. The number of imidazole rings is 1. The Labute approximate surface area is 215 Å². The third-order valence-electron chi connectivity index (χ3n) is 8.16. The number of hydrogen-bond acceptors (Lipinski definition) is 6. The smallest absolute Gasteiger partial charge is 0.251 e. The number of amides is 2. The number of ether oxygens (including phenoxy) is 1. The molecule has 37 heavy (non-hydrogen) atoms. The molecule has 2 aromatic rings. The first kappa shape index (κ1) is 25.9. The summed E-state index contributed by atoms with van der Waals surface area (Å²) in [5.41, 5.74) is 1.89. The number of rotatable bonds is 7. The highest BCUT2D eigenvalue weighted by Crippen LogP contribution is 2.41. The van der Waals surface area contributed by atoms with Gasteiger partial charge in [0.05, 0.1) is 34.9 Å². The first-order valence-corrected chi connectivity index (χ1v) is 13.4.